The third kappa shape index (κ3) is 6.56. The number of nitrogens with zero attached hydrogens (tertiary/aromatic N) is 4. The number of carbonyl (C=O) groups excluding carboxylic acids is 1. The Bertz CT molecular complexity index is 816. The third-order valence-corrected chi connectivity index (χ3v) is 4.23. The number of rotatable bonds is 3. The summed E-state index contributed by atoms with van der Waals surface area (Å²) in [6.07, 6.45) is -4.11. The standard InChI is InChI=1S/C16H21N5O.C2HF3O2/c1-13-15(16(22)20-10-5-8-17-9-11-20)18-19-21(13)12-14-6-3-2-4-7-14;3-2(4,5)1(6)7/h2-4,6-7,17H,5,8-12H2,1H3;(H,6,7). The van der Waals surface area contributed by atoms with Crippen LogP contribution in [-0.2, 0) is 11.3 Å². The minimum atomic E-state index is -5.08. The fourth-order valence-corrected chi connectivity index (χ4v) is 2.66. The molecule has 3 rings (SSSR count). The quantitative estimate of drug-likeness (QED) is 0.795. The lowest BCUT2D eigenvalue weighted by Crippen LogP contribution is -2.34. The Morgan fingerprint density at radius 1 is 1.17 bits per heavy atom. The summed E-state index contributed by atoms with van der Waals surface area (Å²) in [5.41, 5.74) is 2.44. The van der Waals surface area contributed by atoms with Crippen molar-refractivity contribution in [3.63, 3.8) is 0 Å². The molecule has 0 aliphatic carbocycles. The molecule has 158 valence electrons. The van der Waals surface area contributed by atoms with Gasteiger partial charge in [0.1, 0.15) is 0 Å². The van der Waals surface area contributed by atoms with Crippen LogP contribution >= 0.6 is 0 Å². The van der Waals surface area contributed by atoms with Crippen LogP contribution in [0.15, 0.2) is 30.3 Å². The molecule has 1 aliphatic heterocycles. The van der Waals surface area contributed by atoms with Crippen LogP contribution in [0.1, 0.15) is 28.2 Å². The molecule has 0 saturated carbocycles. The maximum Gasteiger partial charge on any atom is 0.490 e. The third-order valence-electron chi connectivity index (χ3n) is 4.23. The van der Waals surface area contributed by atoms with Gasteiger partial charge in [-0.3, -0.25) is 4.79 Å². The second-order valence-corrected chi connectivity index (χ2v) is 6.37. The number of aromatic nitrogens is 3. The highest BCUT2D eigenvalue weighted by Gasteiger charge is 2.38. The lowest BCUT2D eigenvalue weighted by atomic mass is 10.2. The van der Waals surface area contributed by atoms with Crippen molar-refractivity contribution in [2.45, 2.75) is 26.1 Å². The van der Waals surface area contributed by atoms with Crippen molar-refractivity contribution < 1.29 is 27.9 Å². The molecule has 2 heterocycles. The maximum absolute atomic E-state index is 12.6. The molecule has 1 saturated heterocycles. The molecule has 1 aromatic heterocycles. The molecular formula is C18H22F3N5O3. The normalized spacial score (nSPS) is 14.6. The van der Waals surface area contributed by atoms with Crippen LogP contribution in [0.25, 0.3) is 0 Å². The van der Waals surface area contributed by atoms with Gasteiger partial charge in [0.25, 0.3) is 5.91 Å². The van der Waals surface area contributed by atoms with Crippen LogP contribution in [0.4, 0.5) is 13.2 Å². The number of hydrogen-bond donors (Lipinski definition) is 2. The van der Waals surface area contributed by atoms with E-state index < -0.39 is 12.1 Å². The summed E-state index contributed by atoms with van der Waals surface area (Å²) < 4.78 is 33.5. The molecule has 8 nitrogen and oxygen atoms in total. The van der Waals surface area contributed by atoms with Crippen LogP contribution in [0, 0.1) is 6.92 Å². The predicted molar refractivity (Wildman–Crippen MR) is 97.4 cm³/mol. The van der Waals surface area contributed by atoms with Gasteiger partial charge in [-0.05, 0) is 25.5 Å². The maximum atomic E-state index is 12.6. The van der Waals surface area contributed by atoms with Crippen LogP contribution in [0.2, 0.25) is 0 Å². The molecule has 2 aromatic rings. The second kappa shape index (κ2) is 10.0. The van der Waals surface area contributed by atoms with Gasteiger partial charge in [-0.2, -0.15) is 13.2 Å². The van der Waals surface area contributed by atoms with Gasteiger partial charge < -0.3 is 15.3 Å². The minimum absolute atomic E-state index is 0.0134. The van der Waals surface area contributed by atoms with Crippen molar-refractivity contribution in [1.82, 2.24) is 25.2 Å². The van der Waals surface area contributed by atoms with Gasteiger partial charge in [0.15, 0.2) is 5.69 Å². The summed E-state index contributed by atoms with van der Waals surface area (Å²) in [5.74, 6) is -2.77. The summed E-state index contributed by atoms with van der Waals surface area (Å²) in [6, 6.07) is 10.1. The molecule has 1 fully saturated rings. The topological polar surface area (TPSA) is 100 Å². The number of alkyl halides is 3. The number of carboxylic acid groups (broad SMARTS) is 1. The van der Waals surface area contributed by atoms with E-state index in [1.165, 1.54) is 0 Å². The molecule has 2 N–H and O–H groups in total. The molecule has 0 spiro atoms. The average molecular weight is 413 g/mol. The Hall–Kier alpha value is -2.95. The SMILES string of the molecule is Cc1c(C(=O)N2CCCNCC2)nnn1Cc1ccccc1.O=C(O)C(F)(F)F. The van der Waals surface area contributed by atoms with Gasteiger partial charge in [0.05, 0.1) is 12.2 Å². The molecule has 29 heavy (non-hydrogen) atoms. The lowest BCUT2D eigenvalue weighted by Gasteiger charge is -2.18. The minimum Gasteiger partial charge on any atom is -0.475 e. The van der Waals surface area contributed by atoms with Crippen LogP contribution in [-0.4, -0.2) is 69.2 Å². The number of carboxylic acids is 1. The van der Waals surface area contributed by atoms with Crippen molar-refractivity contribution in [1.29, 1.82) is 0 Å². The summed E-state index contributed by atoms with van der Waals surface area (Å²) >= 11 is 0. The monoisotopic (exact) mass is 413 g/mol. The second-order valence-electron chi connectivity index (χ2n) is 6.37. The molecule has 0 bridgehead atoms. The smallest absolute Gasteiger partial charge is 0.475 e. The fraction of sp³-hybridized carbons (Fsp3) is 0.444. The van der Waals surface area contributed by atoms with E-state index in [0.29, 0.717) is 12.2 Å². The van der Waals surface area contributed by atoms with Crippen molar-refractivity contribution >= 4 is 11.9 Å². The number of carbonyl (C=O) groups is 2. The van der Waals surface area contributed by atoms with Crippen molar-refractivity contribution in [3.05, 3.63) is 47.3 Å². The van der Waals surface area contributed by atoms with Gasteiger partial charge in [-0.1, -0.05) is 35.5 Å². The van der Waals surface area contributed by atoms with E-state index in [0.717, 1.165) is 43.9 Å². The summed E-state index contributed by atoms with van der Waals surface area (Å²) in [5, 5.41) is 18.7. The van der Waals surface area contributed by atoms with Gasteiger partial charge >= 0.3 is 12.1 Å². The van der Waals surface area contributed by atoms with Crippen LogP contribution in [0.3, 0.4) is 0 Å². The number of hydrogen-bond acceptors (Lipinski definition) is 5. The van der Waals surface area contributed by atoms with E-state index >= 15 is 0 Å². The first-order chi connectivity index (χ1) is 13.7. The first-order valence-electron chi connectivity index (χ1n) is 8.94. The van der Waals surface area contributed by atoms with Gasteiger partial charge in [0.2, 0.25) is 0 Å². The molecule has 1 amide bonds. The van der Waals surface area contributed by atoms with E-state index in [9.17, 15) is 18.0 Å². The summed E-state index contributed by atoms with van der Waals surface area (Å²) in [7, 11) is 0. The van der Waals surface area contributed by atoms with Gasteiger partial charge in [-0.15, -0.1) is 5.10 Å². The Labute approximate surface area is 165 Å². The molecule has 1 aliphatic rings. The average Bonchev–Trinajstić information content (AvgIpc) is 2.88. The first-order valence-corrected chi connectivity index (χ1v) is 8.94. The van der Waals surface area contributed by atoms with Gasteiger partial charge in [0, 0.05) is 19.6 Å². The molecule has 11 heteroatoms. The zero-order valence-electron chi connectivity index (χ0n) is 15.8. The zero-order chi connectivity index (χ0) is 21.4. The number of halogens is 3. The lowest BCUT2D eigenvalue weighted by molar-refractivity contribution is -0.192. The fourth-order valence-electron chi connectivity index (χ4n) is 2.66. The van der Waals surface area contributed by atoms with E-state index in [-0.39, 0.29) is 5.91 Å². The van der Waals surface area contributed by atoms with E-state index in [2.05, 4.69) is 15.6 Å². The van der Waals surface area contributed by atoms with Crippen LogP contribution in [0.5, 0.6) is 0 Å². The largest absolute Gasteiger partial charge is 0.490 e. The highest BCUT2D eigenvalue weighted by Crippen LogP contribution is 2.13. The zero-order valence-corrected chi connectivity index (χ0v) is 15.8. The van der Waals surface area contributed by atoms with Crippen molar-refractivity contribution in [2.75, 3.05) is 26.2 Å². The van der Waals surface area contributed by atoms with Gasteiger partial charge in [-0.25, -0.2) is 9.48 Å². The van der Waals surface area contributed by atoms with Crippen molar-refractivity contribution in [3.8, 4) is 0 Å². The Balaban J connectivity index is 0.000000370. The van der Waals surface area contributed by atoms with E-state index in [1.807, 2.05) is 42.2 Å². The number of aliphatic carboxylic acids is 1. The van der Waals surface area contributed by atoms with E-state index in [1.54, 1.807) is 4.68 Å². The number of amides is 1. The van der Waals surface area contributed by atoms with Crippen LogP contribution < -0.4 is 5.32 Å². The molecule has 0 radical (unpaired) electrons. The summed E-state index contributed by atoms with van der Waals surface area (Å²) in [6.45, 7) is 5.84. The highest BCUT2D eigenvalue weighted by atomic mass is 19.4. The molecule has 0 atom stereocenters. The number of benzene rings is 1. The molecule has 0 unspecified atom stereocenters. The van der Waals surface area contributed by atoms with E-state index in [4.69, 9.17) is 9.90 Å². The Morgan fingerprint density at radius 3 is 2.45 bits per heavy atom. The highest BCUT2D eigenvalue weighted by molar-refractivity contribution is 5.93. The molecule has 1 aromatic carbocycles. The summed E-state index contributed by atoms with van der Waals surface area (Å²) in [4.78, 5) is 23.4. The Morgan fingerprint density at radius 2 is 1.83 bits per heavy atom. The van der Waals surface area contributed by atoms with Crippen molar-refractivity contribution in [2.24, 2.45) is 0 Å². The Kier molecular flexibility index (Phi) is 7.71. The number of nitrogens with one attached hydrogen (secondary N) is 1. The molecular weight excluding hydrogens is 391 g/mol. The first kappa shape index (κ1) is 22.3. The predicted octanol–water partition coefficient (Wildman–Crippen LogP) is 1.70.